The number of amides is 3. The van der Waals surface area contributed by atoms with Crippen LogP contribution in [-0.4, -0.2) is 69.7 Å². The van der Waals surface area contributed by atoms with Gasteiger partial charge in [0, 0.05) is 42.6 Å². The summed E-state index contributed by atoms with van der Waals surface area (Å²) in [5.41, 5.74) is 13.2. The molecule has 0 unspecified atom stereocenters. The van der Waals surface area contributed by atoms with Crippen molar-refractivity contribution in [1.82, 2.24) is 24.4 Å². The Bertz CT molecular complexity index is 2250. The van der Waals surface area contributed by atoms with Crippen molar-refractivity contribution in [1.29, 1.82) is 0 Å². The average Bonchev–Trinajstić information content (AvgIpc) is 3.89. The molecule has 0 saturated heterocycles. The molecule has 0 fully saturated rings. The predicted octanol–water partition coefficient (Wildman–Crippen LogP) is 5.36. The number of benzene rings is 3. The van der Waals surface area contributed by atoms with Gasteiger partial charge in [0.15, 0.2) is 0 Å². The molecule has 0 saturated carbocycles. The van der Waals surface area contributed by atoms with Crippen LogP contribution in [0.3, 0.4) is 0 Å². The van der Waals surface area contributed by atoms with Crippen LogP contribution in [0.4, 0.5) is 0 Å². The molecule has 256 valence electrons. The molecule has 6 rings (SSSR count). The molecule has 0 aliphatic carbocycles. The lowest BCUT2D eigenvalue weighted by Crippen LogP contribution is -2.58. The molecular formula is C36H34N6O5S3. The van der Waals surface area contributed by atoms with E-state index in [4.69, 9.17) is 5.73 Å². The highest BCUT2D eigenvalue weighted by Crippen LogP contribution is 2.29. The molecule has 0 aliphatic heterocycles. The number of primary amides is 1. The number of nitrogens with one attached hydrogen (secondary N) is 1. The number of aromatic nitrogens is 3. The van der Waals surface area contributed by atoms with E-state index in [9.17, 15) is 22.8 Å². The Morgan fingerprint density at radius 1 is 0.920 bits per heavy atom. The number of carbonyl (C=O) groups is 3. The number of para-hydroxylation sites is 1. The molecule has 3 heterocycles. The lowest BCUT2D eigenvalue weighted by Gasteiger charge is -2.35. The maximum absolute atomic E-state index is 15.0. The molecule has 0 aliphatic rings. The topological polar surface area (TPSA) is 159 Å². The normalized spacial score (nSPS) is 12.8. The Morgan fingerprint density at radius 2 is 1.64 bits per heavy atom. The van der Waals surface area contributed by atoms with E-state index >= 15 is 0 Å². The van der Waals surface area contributed by atoms with Crippen LogP contribution in [0.15, 0.2) is 99.6 Å². The van der Waals surface area contributed by atoms with Gasteiger partial charge in [0.25, 0.3) is 26.2 Å². The highest BCUT2D eigenvalue weighted by molar-refractivity contribution is 7.91. The van der Waals surface area contributed by atoms with E-state index in [1.807, 2.05) is 85.3 Å². The van der Waals surface area contributed by atoms with Crippen LogP contribution in [-0.2, 0) is 32.5 Å². The van der Waals surface area contributed by atoms with Crippen LogP contribution in [0, 0.1) is 13.8 Å². The van der Waals surface area contributed by atoms with E-state index in [-0.39, 0.29) is 12.8 Å². The third-order valence-electron chi connectivity index (χ3n) is 8.52. The molecule has 3 aromatic heterocycles. The van der Waals surface area contributed by atoms with Gasteiger partial charge in [-0.3, -0.25) is 14.4 Å². The van der Waals surface area contributed by atoms with Crippen LogP contribution in [0.2, 0.25) is 0 Å². The number of likely N-dealkylation sites (N-methyl/N-ethyl adjacent to an activating group) is 1. The Labute approximate surface area is 297 Å². The monoisotopic (exact) mass is 726 g/mol. The largest absolute Gasteiger partial charge is 0.368 e. The van der Waals surface area contributed by atoms with Gasteiger partial charge in [0.1, 0.15) is 17.6 Å². The van der Waals surface area contributed by atoms with Gasteiger partial charge in [-0.25, -0.2) is 4.31 Å². The van der Waals surface area contributed by atoms with Gasteiger partial charge in [-0.05, 0) is 71.1 Å². The number of fused-ring (bicyclic) bond motifs is 1. The Kier molecular flexibility index (Phi) is 9.95. The standard InChI is InChI=1S/C36H34N6O5S3/c1-22-14-23(2)16-27(15-22)34(44)41(3)32(17-24-8-10-25(11-9-24)26-12-13-48-20-26)35(45)42(50(46,47)36-40-39-21-49-36)31(33(37)43)18-28-19-38-30-7-5-4-6-29(28)30/h4-16,19-21,31-32,38H,17-18H2,1-3H3,(H2,37,43)/t31-,32-/m0/s1. The number of hydrogen-bond donors (Lipinski definition) is 2. The lowest BCUT2D eigenvalue weighted by atomic mass is 9.99. The van der Waals surface area contributed by atoms with Gasteiger partial charge in [0.05, 0.1) is 0 Å². The molecule has 50 heavy (non-hydrogen) atoms. The van der Waals surface area contributed by atoms with Gasteiger partial charge >= 0.3 is 0 Å². The van der Waals surface area contributed by atoms with Crippen molar-refractivity contribution in [2.75, 3.05) is 7.05 Å². The van der Waals surface area contributed by atoms with Crippen molar-refractivity contribution in [3.05, 3.63) is 123 Å². The number of nitrogens with two attached hydrogens (primary N) is 1. The summed E-state index contributed by atoms with van der Waals surface area (Å²) in [7, 11) is -3.33. The number of aromatic amines is 1. The van der Waals surface area contributed by atoms with E-state index in [2.05, 4.69) is 15.2 Å². The summed E-state index contributed by atoms with van der Waals surface area (Å²) < 4.78 is 28.7. The van der Waals surface area contributed by atoms with Crippen LogP contribution >= 0.6 is 22.7 Å². The molecule has 2 atom stereocenters. The number of rotatable bonds is 12. The fourth-order valence-electron chi connectivity index (χ4n) is 6.07. The SMILES string of the molecule is Cc1cc(C)cc(C(=O)N(C)[C@@H](Cc2ccc(-c3ccsc3)cc2)C(=O)N([C@@H](Cc2c[nH]c3ccccc23)C(N)=O)S(=O)(=O)c2nncs2)c1. The molecule has 14 heteroatoms. The number of sulfonamides is 1. The number of H-pyrrole nitrogens is 1. The number of thiophene rings is 1. The molecule has 6 aromatic rings. The fourth-order valence-corrected chi connectivity index (χ4v) is 9.06. The zero-order valence-electron chi connectivity index (χ0n) is 27.4. The molecule has 0 spiro atoms. The summed E-state index contributed by atoms with van der Waals surface area (Å²) in [5.74, 6) is -2.55. The molecule has 3 aromatic carbocycles. The minimum absolute atomic E-state index is 0.0590. The van der Waals surface area contributed by atoms with Gasteiger partial charge in [-0.1, -0.05) is 71.0 Å². The predicted molar refractivity (Wildman–Crippen MR) is 194 cm³/mol. The van der Waals surface area contributed by atoms with Crippen LogP contribution in [0.5, 0.6) is 0 Å². The van der Waals surface area contributed by atoms with Crippen molar-refractivity contribution in [2.24, 2.45) is 5.73 Å². The van der Waals surface area contributed by atoms with Gasteiger partial charge in [-0.15, -0.1) is 10.2 Å². The van der Waals surface area contributed by atoms with Crippen LogP contribution in [0.1, 0.15) is 32.6 Å². The number of carbonyl (C=O) groups excluding carboxylic acids is 3. The van der Waals surface area contributed by atoms with E-state index in [0.717, 1.165) is 33.2 Å². The second-order valence-electron chi connectivity index (χ2n) is 12.0. The van der Waals surface area contributed by atoms with Crippen molar-refractivity contribution in [2.45, 2.75) is 43.1 Å². The minimum atomic E-state index is -4.79. The van der Waals surface area contributed by atoms with E-state index < -0.39 is 44.2 Å². The van der Waals surface area contributed by atoms with Crippen molar-refractivity contribution in [3.8, 4) is 11.1 Å². The molecule has 0 bridgehead atoms. The Hall–Kier alpha value is -5.18. The quantitative estimate of drug-likeness (QED) is 0.172. The maximum atomic E-state index is 15.0. The zero-order valence-corrected chi connectivity index (χ0v) is 29.9. The second-order valence-corrected chi connectivity index (χ2v) is 15.6. The summed E-state index contributed by atoms with van der Waals surface area (Å²) in [6, 6.07) is 19.1. The van der Waals surface area contributed by atoms with Crippen LogP contribution in [0.25, 0.3) is 22.0 Å². The summed E-state index contributed by atoms with van der Waals surface area (Å²) in [5, 5.41) is 12.2. The third kappa shape index (κ3) is 7.08. The summed E-state index contributed by atoms with van der Waals surface area (Å²) in [6.45, 7) is 3.72. The van der Waals surface area contributed by atoms with Crippen molar-refractivity contribution < 1.29 is 22.8 Å². The number of nitrogens with zero attached hydrogens (tertiary/aromatic N) is 4. The van der Waals surface area contributed by atoms with Crippen molar-refractivity contribution in [3.63, 3.8) is 0 Å². The molecule has 3 amide bonds. The molecule has 0 radical (unpaired) electrons. The smallest absolute Gasteiger partial charge is 0.296 e. The maximum Gasteiger partial charge on any atom is 0.296 e. The van der Waals surface area contributed by atoms with Gasteiger partial charge < -0.3 is 15.6 Å². The highest BCUT2D eigenvalue weighted by atomic mass is 32.2. The third-order valence-corrected chi connectivity index (χ3v) is 12.1. The first kappa shape index (κ1) is 34.7. The fraction of sp³-hybridized carbons (Fsp3) is 0.194. The molecular weight excluding hydrogens is 693 g/mol. The average molecular weight is 727 g/mol. The molecule has 11 nitrogen and oxygen atoms in total. The van der Waals surface area contributed by atoms with E-state index in [0.29, 0.717) is 32.3 Å². The first-order valence-electron chi connectivity index (χ1n) is 15.6. The van der Waals surface area contributed by atoms with Gasteiger partial charge in [0.2, 0.25) is 5.91 Å². The minimum Gasteiger partial charge on any atom is -0.368 e. The Balaban J connectivity index is 1.46. The lowest BCUT2D eigenvalue weighted by molar-refractivity contribution is -0.137. The number of aryl methyl sites for hydroxylation is 2. The Morgan fingerprint density at radius 3 is 2.28 bits per heavy atom. The van der Waals surface area contributed by atoms with E-state index in [1.165, 1.54) is 17.5 Å². The highest BCUT2D eigenvalue weighted by Gasteiger charge is 2.45. The first-order chi connectivity index (χ1) is 23.9. The molecule has 3 N–H and O–H groups in total. The van der Waals surface area contributed by atoms with E-state index in [1.54, 1.807) is 29.7 Å². The summed E-state index contributed by atoms with van der Waals surface area (Å²) >= 11 is 2.28. The second kappa shape index (κ2) is 14.4. The number of hydrogen-bond acceptors (Lipinski definition) is 9. The summed E-state index contributed by atoms with van der Waals surface area (Å²) in [6.07, 6.45) is 1.37. The van der Waals surface area contributed by atoms with Crippen molar-refractivity contribution >= 4 is 61.3 Å². The summed E-state index contributed by atoms with van der Waals surface area (Å²) in [4.78, 5) is 46.7. The first-order valence-corrected chi connectivity index (χ1v) is 18.9. The van der Waals surface area contributed by atoms with Crippen LogP contribution < -0.4 is 5.73 Å². The van der Waals surface area contributed by atoms with Gasteiger partial charge in [-0.2, -0.15) is 19.8 Å². The zero-order chi connectivity index (χ0) is 35.6.